The van der Waals surface area contributed by atoms with E-state index in [1.807, 2.05) is 72.8 Å². The van der Waals surface area contributed by atoms with Crippen molar-refractivity contribution >= 4 is 56.8 Å². The van der Waals surface area contributed by atoms with Crippen molar-refractivity contribution < 1.29 is 4.42 Å². The SMILES string of the molecule is O=c1oc2cc(SCCCc3ccccc3)ccc2cc1[S+](c1ccc(Cl)cc1)c1ccc(Cl)cc1. The molecule has 0 fully saturated rings. The Labute approximate surface area is 227 Å². The largest absolute Gasteiger partial charge is 0.419 e. The van der Waals surface area contributed by atoms with Gasteiger partial charge >= 0.3 is 5.63 Å². The van der Waals surface area contributed by atoms with E-state index in [2.05, 4.69) is 30.3 Å². The number of halogens is 2. The number of rotatable bonds is 8. The highest BCUT2D eigenvalue weighted by Gasteiger charge is 2.33. The van der Waals surface area contributed by atoms with Crippen LogP contribution in [-0.4, -0.2) is 5.75 Å². The van der Waals surface area contributed by atoms with Crippen LogP contribution in [0.4, 0.5) is 0 Å². The lowest BCUT2D eigenvalue weighted by atomic mass is 10.1. The van der Waals surface area contributed by atoms with Crippen molar-refractivity contribution in [3.63, 3.8) is 0 Å². The van der Waals surface area contributed by atoms with Crippen LogP contribution in [0.1, 0.15) is 12.0 Å². The Balaban J connectivity index is 1.41. The van der Waals surface area contributed by atoms with Crippen molar-refractivity contribution in [2.24, 2.45) is 0 Å². The van der Waals surface area contributed by atoms with E-state index in [9.17, 15) is 4.79 Å². The van der Waals surface area contributed by atoms with Gasteiger partial charge < -0.3 is 4.42 Å². The van der Waals surface area contributed by atoms with Crippen LogP contribution in [0.5, 0.6) is 0 Å². The van der Waals surface area contributed by atoms with Gasteiger partial charge in [0, 0.05) is 26.4 Å². The minimum atomic E-state index is -0.657. The van der Waals surface area contributed by atoms with Gasteiger partial charge in [-0.1, -0.05) is 53.5 Å². The number of aryl methyl sites for hydroxylation is 1. The third kappa shape index (κ3) is 6.01. The van der Waals surface area contributed by atoms with Crippen molar-refractivity contribution in [2.45, 2.75) is 32.4 Å². The summed E-state index contributed by atoms with van der Waals surface area (Å²) >= 11 is 14.0. The third-order valence-corrected chi connectivity index (χ3v) is 9.51. The molecule has 180 valence electrons. The molecule has 1 aromatic heterocycles. The molecule has 4 aromatic carbocycles. The molecule has 0 unspecified atom stereocenters. The molecule has 6 heteroatoms. The first-order chi connectivity index (χ1) is 17.6. The van der Waals surface area contributed by atoms with E-state index in [0.717, 1.165) is 38.7 Å². The van der Waals surface area contributed by atoms with Crippen molar-refractivity contribution in [1.82, 2.24) is 0 Å². The number of hydrogen-bond acceptors (Lipinski definition) is 3. The minimum Gasteiger partial charge on any atom is -0.419 e. The summed E-state index contributed by atoms with van der Waals surface area (Å²) in [7, 11) is -0.657. The summed E-state index contributed by atoms with van der Waals surface area (Å²) in [5, 5.41) is 2.20. The van der Waals surface area contributed by atoms with Gasteiger partial charge in [-0.05, 0) is 90.9 Å². The molecule has 5 aromatic rings. The summed E-state index contributed by atoms with van der Waals surface area (Å²) in [4.78, 5) is 16.9. The molecule has 36 heavy (non-hydrogen) atoms. The summed E-state index contributed by atoms with van der Waals surface area (Å²) in [5.41, 5.74) is 1.63. The quantitative estimate of drug-likeness (QED) is 0.0836. The van der Waals surface area contributed by atoms with Crippen LogP contribution in [0, 0.1) is 0 Å². The van der Waals surface area contributed by atoms with E-state index in [1.54, 1.807) is 11.8 Å². The molecule has 0 bridgehead atoms. The highest BCUT2D eigenvalue weighted by molar-refractivity contribution is 7.99. The Hall–Kier alpha value is -2.63. The number of thioether (sulfide) groups is 1. The molecule has 0 N–H and O–H groups in total. The Morgan fingerprint density at radius 3 is 2.03 bits per heavy atom. The van der Waals surface area contributed by atoms with Crippen LogP contribution in [0.2, 0.25) is 10.0 Å². The number of benzene rings is 4. The number of hydrogen-bond donors (Lipinski definition) is 0. The Morgan fingerprint density at radius 2 is 1.39 bits per heavy atom. The molecule has 5 rings (SSSR count). The van der Waals surface area contributed by atoms with Gasteiger partial charge in [-0.15, -0.1) is 11.8 Å². The monoisotopic (exact) mass is 549 g/mol. The zero-order chi connectivity index (χ0) is 24.9. The number of fused-ring (bicyclic) bond motifs is 1. The molecule has 0 saturated carbocycles. The van der Waals surface area contributed by atoms with Crippen LogP contribution in [0.25, 0.3) is 11.0 Å². The molecule has 1 heterocycles. The maximum atomic E-state index is 13.3. The van der Waals surface area contributed by atoms with E-state index in [4.69, 9.17) is 27.6 Å². The van der Waals surface area contributed by atoms with Gasteiger partial charge in [0.15, 0.2) is 9.79 Å². The Morgan fingerprint density at radius 1 is 0.750 bits per heavy atom. The summed E-state index contributed by atoms with van der Waals surface area (Å²) in [5.74, 6) is 0.999. The third-order valence-electron chi connectivity index (χ3n) is 5.72. The van der Waals surface area contributed by atoms with Gasteiger partial charge in [-0.25, -0.2) is 4.79 Å². The zero-order valence-corrected chi connectivity index (χ0v) is 22.5. The maximum Gasteiger partial charge on any atom is 0.393 e. The normalized spacial score (nSPS) is 11.3. The zero-order valence-electron chi connectivity index (χ0n) is 19.3. The molecule has 0 atom stereocenters. The van der Waals surface area contributed by atoms with Crippen LogP contribution in [0.15, 0.2) is 132 Å². The van der Waals surface area contributed by atoms with E-state index < -0.39 is 10.9 Å². The van der Waals surface area contributed by atoms with E-state index in [1.165, 1.54) is 5.56 Å². The average molecular weight is 551 g/mol. The van der Waals surface area contributed by atoms with Crippen molar-refractivity contribution in [3.8, 4) is 0 Å². The van der Waals surface area contributed by atoms with Crippen molar-refractivity contribution in [2.75, 3.05) is 5.75 Å². The average Bonchev–Trinajstić information content (AvgIpc) is 2.90. The highest BCUT2D eigenvalue weighted by Crippen LogP contribution is 2.33. The first kappa shape index (κ1) is 25.0. The lowest BCUT2D eigenvalue weighted by Crippen LogP contribution is -2.15. The maximum absolute atomic E-state index is 13.3. The molecule has 0 saturated heterocycles. The Bertz CT molecular complexity index is 1470. The fourth-order valence-corrected chi connectivity index (χ4v) is 7.13. The fourth-order valence-electron chi connectivity index (χ4n) is 3.95. The standard InChI is InChI=1S/C30H23Cl2O2S2/c31-23-9-14-26(15-10-23)36(27-16-11-24(32)12-17-27)29-19-22-8-13-25(20-28(22)34-30(29)33)35-18-4-7-21-5-2-1-3-6-21/h1-3,5-6,8-17,19-20H,4,7,18H2/q+1. The second kappa shape index (κ2) is 11.6. The van der Waals surface area contributed by atoms with Gasteiger partial charge in [0.2, 0.25) is 0 Å². The Kier molecular flexibility index (Phi) is 8.08. The molecular formula is C30H23Cl2O2S2+. The summed E-state index contributed by atoms with van der Waals surface area (Å²) in [6.07, 6.45) is 2.14. The predicted octanol–water partition coefficient (Wildman–Crippen LogP) is 8.92. The second-order valence-corrected chi connectivity index (χ2v) is 12.3. The van der Waals surface area contributed by atoms with Gasteiger partial charge in [-0.3, -0.25) is 0 Å². The van der Waals surface area contributed by atoms with Gasteiger partial charge in [0.1, 0.15) is 16.5 Å². The second-order valence-electron chi connectivity index (χ2n) is 8.25. The van der Waals surface area contributed by atoms with Gasteiger partial charge in [0.05, 0.1) is 0 Å². The van der Waals surface area contributed by atoms with Crippen LogP contribution >= 0.6 is 35.0 Å². The van der Waals surface area contributed by atoms with Crippen molar-refractivity contribution in [1.29, 1.82) is 0 Å². The summed E-state index contributed by atoms with van der Waals surface area (Å²) in [6.45, 7) is 0. The minimum absolute atomic E-state index is 0.332. The lowest BCUT2D eigenvalue weighted by molar-refractivity contribution is 0.542. The van der Waals surface area contributed by atoms with Crippen LogP contribution in [-0.2, 0) is 17.3 Å². The first-order valence-electron chi connectivity index (χ1n) is 11.6. The molecular weight excluding hydrogens is 527 g/mol. The molecule has 0 aliphatic carbocycles. The highest BCUT2D eigenvalue weighted by atomic mass is 35.5. The molecule has 0 amide bonds. The predicted molar refractivity (Wildman–Crippen MR) is 153 cm³/mol. The lowest BCUT2D eigenvalue weighted by Gasteiger charge is -2.09. The molecule has 0 aliphatic heterocycles. The van der Waals surface area contributed by atoms with E-state index >= 15 is 0 Å². The van der Waals surface area contributed by atoms with Gasteiger partial charge in [-0.2, -0.15) is 0 Å². The van der Waals surface area contributed by atoms with Crippen molar-refractivity contribution in [3.05, 3.63) is 129 Å². The fraction of sp³-hybridized carbons (Fsp3) is 0.100. The first-order valence-corrected chi connectivity index (χ1v) is 14.5. The topological polar surface area (TPSA) is 30.2 Å². The van der Waals surface area contributed by atoms with E-state index in [-0.39, 0.29) is 5.63 Å². The summed E-state index contributed by atoms with van der Waals surface area (Å²) < 4.78 is 5.87. The molecule has 0 spiro atoms. The smallest absolute Gasteiger partial charge is 0.393 e. The van der Waals surface area contributed by atoms with E-state index in [0.29, 0.717) is 20.5 Å². The summed E-state index contributed by atoms with van der Waals surface area (Å²) in [6, 6.07) is 33.8. The van der Waals surface area contributed by atoms with Gasteiger partial charge in [0.25, 0.3) is 4.90 Å². The molecule has 0 aliphatic rings. The molecule has 0 radical (unpaired) electrons. The van der Waals surface area contributed by atoms with Crippen LogP contribution < -0.4 is 5.63 Å². The van der Waals surface area contributed by atoms with Crippen LogP contribution in [0.3, 0.4) is 0 Å². The molecule has 2 nitrogen and oxygen atoms in total.